The SMILES string of the molecule is CCC(C)(CC(C)(C(N)=O)C1C(=O)N(c2ccccc2)C(=O)C1C)c1ccc(C(C)(C)NC(=O)Nc2ccc(OS(=O)(=O)O)cc2)cc1. The first-order valence-corrected chi connectivity index (χ1v) is 16.9. The molecule has 0 bridgehead atoms. The standard InChI is InChI=1S/C35H42N4O8S/c1-7-34(5,21-35(6,31(36)42)28-22(2)29(40)39(30(28)41)26-11-9-8-10-12-26)24-15-13-23(14-16-24)33(3,4)38-32(43)37-25-17-19-27(20-18-25)47-48(44,45)46/h8-20,22,28H,7,21H2,1-6H3,(H2,36,42)(H2,37,38,43)(H,44,45,46). The molecule has 0 aliphatic carbocycles. The number of primary amides is 1. The molecule has 0 spiro atoms. The van der Waals surface area contributed by atoms with Gasteiger partial charge >= 0.3 is 16.4 Å². The summed E-state index contributed by atoms with van der Waals surface area (Å²) >= 11 is 0. The van der Waals surface area contributed by atoms with E-state index in [1.165, 1.54) is 24.3 Å². The first-order chi connectivity index (χ1) is 22.3. The van der Waals surface area contributed by atoms with Crippen molar-refractivity contribution in [3.63, 3.8) is 0 Å². The predicted molar refractivity (Wildman–Crippen MR) is 181 cm³/mol. The van der Waals surface area contributed by atoms with E-state index in [1.54, 1.807) is 44.2 Å². The first kappa shape index (κ1) is 36.1. The van der Waals surface area contributed by atoms with E-state index in [0.29, 0.717) is 17.8 Å². The van der Waals surface area contributed by atoms with Gasteiger partial charge in [0.15, 0.2) is 0 Å². The smallest absolute Gasteiger partial charge is 0.369 e. The van der Waals surface area contributed by atoms with Crippen molar-refractivity contribution in [1.29, 1.82) is 0 Å². The summed E-state index contributed by atoms with van der Waals surface area (Å²) in [6.07, 6.45) is 0.832. The molecule has 256 valence electrons. The van der Waals surface area contributed by atoms with E-state index in [-0.39, 0.29) is 18.1 Å². The number of carbonyl (C=O) groups excluding carboxylic acids is 4. The normalized spacial score (nSPS) is 19.3. The van der Waals surface area contributed by atoms with Crippen molar-refractivity contribution < 1.29 is 36.3 Å². The minimum atomic E-state index is -4.66. The molecule has 12 nitrogen and oxygen atoms in total. The minimum Gasteiger partial charge on any atom is -0.369 e. The fourth-order valence-electron chi connectivity index (χ4n) is 6.58. The van der Waals surface area contributed by atoms with E-state index in [9.17, 15) is 27.6 Å². The summed E-state index contributed by atoms with van der Waals surface area (Å²) in [4.78, 5) is 54.4. The number of imide groups is 1. The lowest BCUT2D eigenvalue weighted by molar-refractivity contribution is -0.139. The third-order valence-corrected chi connectivity index (χ3v) is 9.84. The van der Waals surface area contributed by atoms with Gasteiger partial charge in [-0.3, -0.25) is 23.8 Å². The van der Waals surface area contributed by atoms with Crippen LogP contribution in [0.4, 0.5) is 16.2 Å². The highest BCUT2D eigenvalue weighted by Crippen LogP contribution is 2.49. The number of benzene rings is 3. The van der Waals surface area contributed by atoms with Crippen molar-refractivity contribution in [3.8, 4) is 5.75 Å². The van der Waals surface area contributed by atoms with E-state index in [4.69, 9.17) is 10.3 Å². The molecular weight excluding hydrogens is 636 g/mol. The second-order valence-corrected chi connectivity index (χ2v) is 14.3. The fourth-order valence-corrected chi connectivity index (χ4v) is 6.93. The Morgan fingerprint density at radius 1 is 0.896 bits per heavy atom. The second kappa shape index (κ2) is 13.4. The third kappa shape index (κ3) is 7.52. The van der Waals surface area contributed by atoms with Gasteiger partial charge in [0.25, 0.3) is 0 Å². The summed E-state index contributed by atoms with van der Waals surface area (Å²) in [5.41, 5.74) is 5.79. The van der Waals surface area contributed by atoms with Crippen LogP contribution in [-0.2, 0) is 35.7 Å². The summed E-state index contributed by atoms with van der Waals surface area (Å²) in [5.74, 6) is -3.27. The monoisotopic (exact) mass is 678 g/mol. The number of para-hydroxylation sites is 1. The Bertz CT molecular complexity index is 1800. The van der Waals surface area contributed by atoms with Crippen LogP contribution in [0.2, 0.25) is 0 Å². The summed E-state index contributed by atoms with van der Waals surface area (Å²) < 4.78 is 35.0. The molecule has 4 atom stereocenters. The van der Waals surface area contributed by atoms with Gasteiger partial charge in [-0.05, 0) is 86.6 Å². The Hall–Kier alpha value is -4.75. The molecule has 3 aromatic carbocycles. The molecule has 13 heteroatoms. The number of hydrogen-bond acceptors (Lipinski definition) is 7. The summed E-state index contributed by atoms with van der Waals surface area (Å²) in [5, 5.41) is 5.59. The maximum absolute atomic E-state index is 13.8. The molecule has 3 aromatic rings. The van der Waals surface area contributed by atoms with Crippen molar-refractivity contribution in [2.75, 3.05) is 10.2 Å². The summed E-state index contributed by atoms with van der Waals surface area (Å²) in [7, 11) is -4.66. The molecule has 4 rings (SSSR count). The molecule has 1 saturated heterocycles. The Morgan fingerprint density at radius 2 is 1.46 bits per heavy atom. The number of hydrogen-bond donors (Lipinski definition) is 4. The van der Waals surface area contributed by atoms with Gasteiger partial charge in [0.2, 0.25) is 17.7 Å². The second-order valence-electron chi connectivity index (χ2n) is 13.3. The van der Waals surface area contributed by atoms with Gasteiger partial charge in [0.1, 0.15) is 5.75 Å². The summed E-state index contributed by atoms with van der Waals surface area (Å²) in [6, 6.07) is 21.2. The average Bonchev–Trinajstić information content (AvgIpc) is 3.24. The Labute approximate surface area is 281 Å². The fraction of sp³-hybridized carbons (Fsp3) is 0.371. The number of nitrogens with one attached hydrogen (secondary N) is 2. The van der Waals surface area contributed by atoms with Gasteiger partial charge in [0, 0.05) is 11.6 Å². The van der Waals surface area contributed by atoms with Crippen molar-refractivity contribution >= 4 is 45.5 Å². The Kier molecular flexibility index (Phi) is 10.1. The number of amides is 5. The van der Waals surface area contributed by atoms with Crippen molar-refractivity contribution in [2.24, 2.45) is 23.0 Å². The van der Waals surface area contributed by atoms with Gasteiger partial charge in [-0.1, -0.05) is 63.2 Å². The van der Waals surface area contributed by atoms with Crippen LogP contribution in [0.5, 0.6) is 5.75 Å². The molecule has 0 saturated carbocycles. The maximum atomic E-state index is 13.8. The molecule has 4 unspecified atom stereocenters. The highest BCUT2D eigenvalue weighted by atomic mass is 32.3. The van der Waals surface area contributed by atoms with Crippen molar-refractivity contribution in [1.82, 2.24) is 5.32 Å². The van der Waals surface area contributed by atoms with Crippen molar-refractivity contribution in [2.45, 2.75) is 65.3 Å². The van der Waals surface area contributed by atoms with Gasteiger partial charge in [-0.2, -0.15) is 8.42 Å². The van der Waals surface area contributed by atoms with Crippen LogP contribution in [-0.4, -0.2) is 36.7 Å². The van der Waals surface area contributed by atoms with Crippen molar-refractivity contribution in [3.05, 3.63) is 90.0 Å². The lowest BCUT2D eigenvalue weighted by atomic mass is 9.61. The molecule has 5 N–H and O–H groups in total. The third-order valence-electron chi connectivity index (χ3n) is 9.44. The van der Waals surface area contributed by atoms with Crippen LogP contribution in [0.3, 0.4) is 0 Å². The predicted octanol–water partition coefficient (Wildman–Crippen LogP) is 5.30. The Morgan fingerprint density at radius 3 is 1.98 bits per heavy atom. The van der Waals surface area contributed by atoms with Gasteiger partial charge in [-0.15, -0.1) is 0 Å². The highest BCUT2D eigenvalue weighted by molar-refractivity contribution is 7.81. The van der Waals surface area contributed by atoms with Crippen LogP contribution in [0.25, 0.3) is 0 Å². The Balaban J connectivity index is 1.52. The average molecular weight is 679 g/mol. The molecule has 1 aliphatic rings. The first-order valence-electron chi connectivity index (χ1n) is 15.5. The van der Waals surface area contributed by atoms with E-state index in [2.05, 4.69) is 14.8 Å². The number of nitrogens with two attached hydrogens (primary N) is 1. The lowest BCUT2D eigenvalue weighted by Crippen LogP contribution is -2.49. The highest BCUT2D eigenvalue weighted by Gasteiger charge is 2.58. The molecule has 1 heterocycles. The van der Waals surface area contributed by atoms with E-state index >= 15 is 0 Å². The van der Waals surface area contributed by atoms with Crippen LogP contribution in [0, 0.1) is 17.3 Å². The van der Waals surface area contributed by atoms with Gasteiger partial charge in [-0.25, -0.2) is 4.79 Å². The minimum absolute atomic E-state index is 0.119. The number of rotatable bonds is 12. The van der Waals surface area contributed by atoms with Crippen LogP contribution >= 0.6 is 0 Å². The van der Waals surface area contributed by atoms with Gasteiger partial charge < -0.3 is 20.6 Å². The summed E-state index contributed by atoms with van der Waals surface area (Å²) in [6.45, 7) is 11.0. The molecule has 0 aromatic heterocycles. The zero-order valence-corrected chi connectivity index (χ0v) is 28.6. The number of nitrogens with zero attached hydrogens (tertiary/aromatic N) is 1. The lowest BCUT2D eigenvalue weighted by Gasteiger charge is -2.41. The van der Waals surface area contributed by atoms with Crippen LogP contribution < -0.4 is 25.5 Å². The molecule has 1 fully saturated rings. The largest absolute Gasteiger partial charge is 0.446 e. The molecule has 48 heavy (non-hydrogen) atoms. The van der Waals surface area contributed by atoms with Crippen LogP contribution in [0.1, 0.15) is 65.5 Å². The molecule has 1 aliphatic heterocycles. The topological polar surface area (TPSA) is 185 Å². The van der Waals surface area contributed by atoms with E-state index in [0.717, 1.165) is 16.0 Å². The molecule has 0 radical (unpaired) electrons. The van der Waals surface area contributed by atoms with E-state index < -0.39 is 56.4 Å². The van der Waals surface area contributed by atoms with E-state index in [1.807, 2.05) is 52.0 Å². The maximum Gasteiger partial charge on any atom is 0.446 e. The zero-order valence-electron chi connectivity index (χ0n) is 27.8. The van der Waals surface area contributed by atoms with Gasteiger partial charge in [0.05, 0.1) is 22.6 Å². The zero-order chi connectivity index (χ0) is 35.7. The van der Waals surface area contributed by atoms with Crippen LogP contribution in [0.15, 0.2) is 78.9 Å². The quantitative estimate of drug-likeness (QED) is 0.147. The number of urea groups is 1. The molecule has 5 amide bonds. The number of carbonyl (C=O) groups is 4. The number of anilines is 2. The molecular formula is C35H42N4O8S.